The Labute approximate surface area is 86.2 Å². The average molecular weight is 225 g/mol. The van der Waals surface area contributed by atoms with Crippen molar-refractivity contribution in [2.24, 2.45) is 0 Å². The Kier molecular flexibility index (Phi) is 6.00. The van der Waals surface area contributed by atoms with Gasteiger partial charge in [-0.25, -0.2) is 0 Å². The summed E-state index contributed by atoms with van der Waals surface area (Å²) in [5.74, 6) is -0.624. The van der Waals surface area contributed by atoms with Gasteiger partial charge in [0.25, 0.3) is 0 Å². The lowest BCUT2D eigenvalue weighted by atomic mass is 10.2. The molecule has 0 aliphatic carbocycles. The fourth-order valence-corrected chi connectivity index (χ4v) is 1.00. The second-order valence-corrected chi connectivity index (χ2v) is 2.97. The molecule has 0 fully saturated rings. The molecular weight excluding hydrogens is 211 g/mol. The second-order valence-electron chi connectivity index (χ2n) is 2.97. The molecule has 0 atom stereocenters. The van der Waals surface area contributed by atoms with Gasteiger partial charge >= 0.3 is 6.18 Å². The Morgan fingerprint density at radius 2 is 2.07 bits per heavy atom. The fraction of sp³-hybridized carbons (Fsp3) is 0.667. The van der Waals surface area contributed by atoms with Gasteiger partial charge in [-0.2, -0.15) is 13.2 Å². The van der Waals surface area contributed by atoms with E-state index in [1.165, 1.54) is 6.08 Å². The first kappa shape index (κ1) is 14.0. The lowest BCUT2D eigenvalue weighted by Crippen LogP contribution is -2.34. The Bertz CT molecular complexity index is 216. The number of aliphatic hydroxyl groups is 1. The predicted octanol–water partition coefficient (Wildman–Crippen LogP) is 1.34. The SMILES string of the molecule is C=CCN(CCO)C(=O)CCC(F)(F)F. The normalized spacial score (nSPS) is 11.2. The maximum Gasteiger partial charge on any atom is 0.389 e. The first-order valence-electron chi connectivity index (χ1n) is 4.47. The van der Waals surface area contributed by atoms with E-state index in [2.05, 4.69) is 6.58 Å². The summed E-state index contributed by atoms with van der Waals surface area (Å²) in [6, 6.07) is 0. The summed E-state index contributed by atoms with van der Waals surface area (Å²) < 4.78 is 35.4. The van der Waals surface area contributed by atoms with Crippen LogP contribution in [0.2, 0.25) is 0 Å². The lowest BCUT2D eigenvalue weighted by Gasteiger charge is -2.20. The van der Waals surface area contributed by atoms with Crippen molar-refractivity contribution in [3.05, 3.63) is 12.7 Å². The van der Waals surface area contributed by atoms with Gasteiger partial charge in [0.1, 0.15) is 0 Å². The van der Waals surface area contributed by atoms with Gasteiger partial charge in [0.15, 0.2) is 0 Å². The molecular formula is C9H14F3NO2. The molecule has 0 aliphatic heterocycles. The van der Waals surface area contributed by atoms with Gasteiger partial charge < -0.3 is 10.0 Å². The molecule has 3 nitrogen and oxygen atoms in total. The van der Waals surface area contributed by atoms with Gasteiger partial charge in [0.05, 0.1) is 13.0 Å². The Morgan fingerprint density at radius 3 is 2.47 bits per heavy atom. The maximum atomic E-state index is 11.8. The molecule has 6 heteroatoms. The van der Waals surface area contributed by atoms with E-state index in [0.29, 0.717) is 0 Å². The third kappa shape index (κ3) is 6.96. The van der Waals surface area contributed by atoms with Crippen LogP contribution in [-0.4, -0.2) is 41.8 Å². The second kappa shape index (κ2) is 6.44. The van der Waals surface area contributed by atoms with Gasteiger partial charge in [-0.15, -0.1) is 6.58 Å². The van der Waals surface area contributed by atoms with E-state index in [4.69, 9.17) is 5.11 Å². The lowest BCUT2D eigenvalue weighted by molar-refractivity contribution is -0.149. The smallest absolute Gasteiger partial charge is 0.389 e. The van der Waals surface area contributed by atoms with Crippen LogP contribution in [0.15, 0.2) is 12.7 Å². The van der Waals surface area contributed by atoms with E-state index in [9.17, 15) is 18.0 Å². The predicted molar refractivity (Wildman–Crippen MR) is 49.2 cm³/mol. The van der Waals surface area contributed by atoms with E-state index < -0.39 is 24.9 Å². The molecule has 0 heterocycles. The van der Waals surface area contributed by atoms with Crippen molar-refractivity contribution in [3.63, 3.8) is 0 Å². The van der Waals surface area contributed by atoms with Crippen molar-refractivity contribution in [2.75, 3.05) is 19.7 Å². The first-order chi connectivity index (χ1) is 6.90. The number of rotatable bonds is 6. The zero-order valence-electron chi connectivity index (χ0n) is 8.26. The zero-order valence-corrected chi connectivity index (χ0v) is 8.26. The molecule has 0 aromatic heterocycles. The number of carbonyl (C=O) groups is 1. The van der Waals surface area contributed by atoms with Crippen molar-refractivity contribution in [1.29, 1.82) is 0 Å². The van der Waals surface area contributed by atoms with Crippen LogP contribution in [0.25, 0.3) is 0 Å². The van der Waals surface area contributed by atoms with Crippen molar-refractivity contribution in [1.82, 2.24) is 4.90 Å². The minimum absolute atomic E-state index is 0.0305. The zero-order chi connectivity index (χ0) is 11.9. The van der Waals surface area contributed by atoms with Gasteiger partial charge in [-0.05, 0) is 0 Å². The minimum Gasteiger partial charge on any atom is -0.395 e. The highest BCUT2D eigenvalue weighted by atomic mass is 19.4. The quantitative estimate of drug-likeness (QED) is 0.693. The number of aliphatic hydroxyl groups excluding tert-OH is 1. The summed E-state index contributed by atoms with van der Waals surface area (Å²) in [5, 5.41) is 8.59. The summed E-state index contributed by atoms with van der Waals surface area (Å²) in [6.07, 6.45) is -4.64. The van der Waals surface area contributed by atoms with Crippen LogP contribution in [0.5, 0.6) is 0 Å². The summed E-state index contributed by atoms with van der Waals surface area (Å²) in [4.78, 5) is 12.4. The van der Waals surface area contributed by atoms with Crippen molar-refractivity contribution in [2.45, 2.75) is 19.0 Å². The van der Waals surface area contributed by atoms with Crippen LogP contribution < -0.4 is 0 Å². The van der Waals surface area contributed by atoms with Crippen LogP contribution >= 0.6 is 0 Å². The summed E-state index contributed by atoms with van der Waals surface area (Å²) in [5.41, 5.74) is 0. The van der Waals surface area contributed by atoms with Crippen molar-refractivity contribution < 1.29 is 23.1 Å². The molecule has 0 rings (SSSR count). The van der Waals surface area contributed by atoms with Crippen LogP contribution in [0, 0.1) is 0 Å². The number of halogens is 3. The van der Waals surface area contributed by atoms with Crippen LogP contribution in [0.3, 0.4) is 0 Å². The third-order valence-electron chi connectivity index (χ3n) is 1.69. The number of amides is 1. The van der Waals surface area contributed by atoms with Crippen LogP contribution in [0.4, 0.5) is 13.2 Å². The monoisotopic (exact) mass is 225 g/mol. The molecule has 1 amide bonds. The molecule has 0 radical (unpaired) electrons. The maximum absolute atomic E-state index is 11.8. The summed E-state index contributed by atoms with van der Waals surface area (Å²) >= 11 is 0. The fourth-order valence-electron chi connectivity index (χ4n) is 1.00. The number of nitrogens with zero attached hydrogens (tertiary/aromatic N) is 1. The van der Waals surface area contributed by atoms with E-state index in [-0.39, 0.29) is 19.7 Å². The van der Waals surface area contributed by atoms with Crippen molar-refractivity contribution >= 4 is 5.91 Å². The first-order valence-corrected chi connectivity index (χ1v) is 4.47. The van der Waals surface area contributed by atoms with Crippen LogP contribution in [0.1, 0.15) is 12.8 Å². The Morgan fingerprint density at radius 1 is 1.47 bits per heavy atom. The molecule has 88 valence electrons. The molecule has 15 heavy (non-hydrogen) atoms. The largest absolute Gasteiger partial charge is 0.395 e. The van der Waals surface area contributed by atoms with E-state index in [0.717, 1.165) is 4.90 Å². The average Bonchev–Trinajstić information content (AvgIpc) is 2.13. The van der Waals surface area contributed by atoms with Crippen LogP contribution in [-0.2, 0) is 4.79 Å². The molecule has 0 unspecified atom stereocenters. The molecule has 0 aromatic rings. The highest BCUT2D eigenvalue weighted by molar-refractivity contribution is 5.76. The molecule has 0 aromatic carbocycles. The van der Waals surface area contributed by atoms with Gasteiger partial charge in [0.2, 0.25) is 5.91 Å². The number of hydrogen-bond donors (Lipinski definition) is 1. The topological polar surface area (TPSA) is 40.5 Å². The molecule has 1 N–H and O–H groups in total. The molecule has 0 saturated heterocycles. The third-order valence-corrected chi connectivity index (χ3v) is 1.69. The summed E-state index contributed by atoms with van der Waals surface area (Å²) in [7, 11) is 0. The van der Waals surface area contributed by atoms with E-state index in [1.54, 1.807) is 0 Å². The molecule has 0 aliphatic rings. The number of carbonyl (C=O) groups excluding carboxylic acids is 1. The van der Waals surface area contributed by atoms with Gasteiger partial charge in [0, 0.05) is 19.5 Å². The van der Waals surface area contributed by atoms with Gasteiger partial charge in [-0.1, -0.05) is 6.08 Å². The molecule has 0 saturated carbocycles. The minimum atomic E-state index is -4.32. The van der Waals surface area contributed by atoms with Gasteiger partial charge in [-0.3, -0.25) is 4.79 Å². The van der Waals surface area contributed by atoms with Crippen molar-refractivity contribution in [3.8, 4) is 0 Å². The Balaban J connectivity index is 4.07. The molecule has 0 spiro atoms. The number of hydrogen-bond acceptors (Lipinski definition) is 2. The summed E-state index contributed by atoms with van der Waals surface area (Å²) in [6.45, 7) is 3.28. The molecule has 0 bridgehead atoms. The number of alkyl halides is 3. The standard InChI is InChI=1S/C9H14F3NO2/c1-2-5-13(6-7-14)8(15)3-4-9(10,11)12/h2,14H,1,3-7H2. The van der Waals surface area contributed by atoms with E-state index >= 15 is 0 Å². The highest BCUT2D eigenvalue weighted by Crippen LogP contribution is 2.21. The Hall–Kier alpha value is -1.04. The van der Waals surface area contributed by atoms with E-state index in [1.807, 2.05) is 0 Å². The highest BCUT2D eigenvalue weighted by Gasteiger charge is 2.28.